The Morgan fingerprint density at radius 3 is 2.89 bits per heavy atom. The number of aromatic nitrogens is 2. The minimum absolute atomic E-state index is 0.438. The Morgan fingerprint density at radius 2 is 2.16 bits per heavy atom. The van der Waals surface area contributed by atoms with Crippen LogP contribution in [0.2, 0.25) is 0 Å². The van der Waals surface area contributed by atoms with Crippen LogP contribution in [0.4, 0.5) is 5.69 Å². The van der Waals surface area contributed by atoms with E-state index in [0.717, 1.165) is 0 Å². The molecule has 0 saturated heterocycles. The van der Waals surface area contributed by atoms with Gasteiger partial charge in [0.25, 0.3) is 0 Å². The SMILES string of the molecule is Nc1ccc(Oc2cccnc2)nc1OCC1CC1. The summed E-state index contributed by atoms with van der Waals surface area (Å²) in [4.78, 5) is 8.25. The lowest BCUT2D eigenvalue weighted by atomic mass is 10.4. The molecule has 0 radical (unpaired) electrons. The predicted molar refractivity (Wildman–Crippen MR) is 71.2 cm³/mol. The van der Waals surface area contributed by atoms with Gasteiger partial charge in [-0.25, -0.2) is 0 Å². The van der Waals surface area contributed by atoms with Crippen LogP contribution in [0, 0.1) is 5.92 Å². The Labute approximate surface area is 111 Å². The van der Waals surface area contributed by atoms with Crippen molar-refractivity contribution in [2.75, 3.05) is 12.3 Å². The quantitative estimate of drug-likeness (QED) is 0.891. The summed E-state index contributed by atoms with van der Waals surface area (Å²) in [6.07, 6.45) is 5.77. The number of anilines is 1. The summed E-state index contributed by atoms with van der Waals surface area (Å²) in [6.45, 7) is 0.674. The fraction of sp³-hybridized carbons (Fsp3) is 0.286. The summed E-state index contributed by atoms with van der Waals surface area (Å²) in [5.74, 6) is 2.18. The number of rotatable bonds is 5. The lowest BCUT2D eigenvalue weighted by molar-refractivity contribution is 0.286. The number of pyridine rings is 2. The van der Waals surface area contributed by atoms with Gasteiger partial charge in [0.05, 0.1) is 18.5 Å². The molecule has 1 aliphatic carbocycles. The van der Waals surface area contributed by atoms with Crippen LogP contribution in [0.3, 0.4) is 0 Å². The van der Waals surface area contributed by atoms with Crippen molar-refractivity contribution in [1.82, 2.24) is 9.97 Å². The lowest BCUT2D eigenvalue weighted by Crippen LogP contribution is -2.04. The van der Waals surface area contributed by atoms with Gasteiger partial charge in [-0.2, -0.15) is 4.98 Å². The summed E-state index contributed by atoms with van der Waals surface area (Å²) in [5.41, 5.74) is 6.36. The lowest BCUT2D eigenvalue weighted by Gasteiger charge is -2.09. The largest absolute Gasteiger partial charge is 0.476 e. The molecule has 0 aromatic carbocycles. The van der Waals surface area contributed by atoms with Crippen LogP contribution in [0.1, 0.15) is 12.8 Å². The van der Waals surface area contributed by atoms with Gasteiger partial charge in [-0.3, -0.25) is 4.98 Å². The smallest absolute Gasteiger partial charge is 0.240 e. The molecule has 2 heterocycles. The van der Waals surface area contributed by atoms with E-state index in [1.54, 1.807) is 30.6 Å². The van der Waals surface area contributed by atoms with Crippen LogP contribution in [-0.4, -0.2) is 16.6 Å². The third kappa shape index (κ3) is 3.13. The molecule has 0 unspecified atom stereocenters. The summed E-state index contributed by atoms with van der Waals surface area (Å²) in [7, 11) is 0. The molecule has 1 aliphatic rings. The number of nitrogen functional groups attached to an aromatic ring is 1. The van der Waals surface area contributed by atoms with Crippen LogP contribution in [0.15, 0.2) is 36.7 Å². The third-order valence-electron chi connectivity index (χ3n) is 2.87. The predicted octanol–water partition coefficient (Wildman–Crippen LogP) is 2.64. The van der Waals surface area contributed by atoms with Crippen LogP contribution in [0.25, 0.3) is 0 Å². The van der Waals surface area contributed by atoms with E-state index >= 15 is 0 Å². The van der Waals surface area contributed by atoms with Crippen molar-refractivity contribution in [2.24, 2.45) is 5.92 Å². The van der Waals surface area contributed by atoms with E-state index < -0.39 is 0 Å². The molecule has 1 saturated carbocycles. The monoisotopic (exact) mass is 257 g/mol. The maximum Gasteiger partial charge on any atom is 0.240 e. The minimum Gasteiger partial charge on any atom is -0.476 e. The fourth-order valence-electron chi connectivity index (χ4n) is 1.62. The molecule has 5 nitrogen and oxygen atoms in total. The van der Waals surface area contributed by atoms with E-state index in [2.05, 4.69) is 9.97 Å². The second-order valence-corrected chi connectivity index (χ2v) is 4.59. The Hall–Kier alpha value is -2.30. The van der Waals surface area contributed by atoms with Crippen LogP contribution in [-0.2, 0) is 0 Å². The molecule has 98 valence electrons. The molecule has 0 amide bonds. The summed E-state index contributed by atoms with van der Waals surface area (Å²) < 4.78 is 11.2. The Bertz CT molecular complexity index is 556. The molecule has 2 N–H and O–H groups in total. The van der Waals surface area contributed by atoms with Crippen molar-refractivity contribution in [3.8, 4) is 17.5 Å². The highest BCUT2D eigenvalue weighted by molar-refractivity contribution is 5.49. The van der Waals surface area contributed by atoms with Crippen LogP contribution >= 0.6 is 0 Å². The zero-order valence-corrected chi connectivity index (χ0v) is 10.5. The highest BCUT2D eigenvalue weighted by Gasteiger charge is 2.22. The van der Waals surface area contributed by atoms with Gasteiger partial charge in [-0.1, -0.05) is 0 Å². The highest BCUT2D eigenvalue weighted by Crippen LogP contribution is 2.31. The standard InChI is InChI=1S/C14H15N3O2/c15-12-5-6-13(19-11-2-1-7-16-8-11)17-14(12)18-9-10-3-4-10/h1-2,5-8,10H,3-4,9,15H2. The van der Waals surface area contributed by atoms with Crippen molar-refractivity contribution in [3.05, 3.63) is 36.7 Å². The average Bonchev–Trinajstić information content (AvgIpc) is 3.25. The van der Waals surface area contributed by atoms with E-state index in [-0.39, 0.29) is 0 Å². The first-order valence-corrected chi connectivity index (χ1v) is 6.28. The number of hydrogen-bond acceptors (Lipinski definition) is 5. The van der Waals surface area contributed by atoms with Gasteiger partial charge >= 0.3 is 0 Å². The Kier molecular flexibility index (Phi) is 3.18. The molecule has 0 aliphatic heterocycles. The molecule has 2 aromatic heterocycles. The van der Waals surface area contributed by atoms with E-state index in [4.69, 9.17) is 15.2 Å². The summed E-state index contributed by atoms with van der Waals surface area (Å²) in [6, 6.07) is 7.07. The Morgan fingerprint density at radius 1 is 1.26 bits per heavy atom. The van der Waals surface area contributed by atoms with Gasteiger partial charge < -0.3 is 15.2 Å². The Balaban J connectivity index is 1.72. The molecular weight excluding hydrogens is 242 g/mol. The molecule has 1 fully saturated rings. The normalized spacial score (nSPS) is 14.1. The number of hydrogen-bond donors (Lipinski definition) is 1. The van der Waals surface area contributed by atoms with E-state index in [0.29, 0.717) is 35.7 Å². The molecular formula is C14H15N3O2. The first-order valence-electron chi connectivity index (χ1n) is 6.28. The van der Waals surface area contributed by atoms with E-state index in [9.17, 15) is 0 Å². The average molecular weight is 257 g/mol. The maximum absolute atomic E-state index is 5.83. The summed E-state index contributed by atoms with van der Waals surface area (Å²) >= 11 is 0. The summed E-state index contributed by atoms with van der Waals surface area (Å²) in [5, 5.41) is 0. The van der Waals surface area contributed by atoms with Crippen molar-refractivity contribution >= 4 is 5.69 Å². The van der Waals surface area contributed by atoms with Gasteiger partial charge in [0, 0.05) is 12.3 Å². The van der Waals surface area contributed by atoms with Gasteiger partial charge in [0.1, 0.15) is 5.75 Å². The maximum atomic E-state index is 5.83. The van der Waals surface area contributed by atoms with Gasteiger partial charge in [-0.05, 0) is 37.0 Å². The van der Waals surface area contributed by atoms with E-state index in [1.807, 2.05) is 6.07 Å². The van der Waals surface area contributed by atoms with E-state index in [1.165, 1.54) is 12.8 Å². The molecule has 2 aromatic rings. The molecule has 5 heteroatoms. The molecule has 0 bridgehead atoms. The number of nitrogens with two attached hydrogens (primary N) is 1. The van der Waals surface area contributed by atoms with Crippen LogP contribution < -0.4 is 15.2 Å². The highest BCUT2D eigenvalue weighted by atomic mass is 16.5. The second-order valence-electron chi connectivity index (χ2n) is 4.59. The van der Waals surface area contributed by atoms with Crippen molar-refractivity contribution in [3.63, 3.8) is 0 Å². The second kappa shape index (κ2) is 5.14. The fourth-order valence-corrected chi connectivity index (χ4v) is 1.62. The van der Waals surface area contributed by atoms with Crippen molar-refractivity contribution < 1.29 is 9.47 Å². The molecule has 0 spiro atoms. The van der Waals surface area contributed by atoms with Gasteiger partial charge in [-0.15, -0.1) is 0 Å². The zero-order valence-electron chi connectivity index (χ0n) is 10.5. The molecule has 3 rings (SSSR count). The van der Waals surface area contributed by atoms with Gasteiger partial charge in [0.2, 0.25) is 11.8 Å². The first kappa shape index (κ1) is 11.8. The van der Waals surface area contributed by atoms with Crippen LogP contribution in [0.5, 0.6) is 17.5 Å². The zero-order chi connectivity index (χ0) is 13.1. The number of nitrogens with zero attached hydrogens (tertiary/aromatic N) is 2. The topological polar surface area (TPSA) is 70.3 Å². The molecule has 19 heavy (non-hydrogen) atoms. The van der Waals surface area contributed by atoms with Crippen molar-refractivity contribution in [2.45, 2.75) is 12.8 Å². The molecule has 0 atom stereocenters. The van der Waals surface area contributed by atoms with Gasteiger partial charge in [0.15, 0.2) is 0 Å². The third-order valence-corrected chi connectivity index (χ3v) is 2.87. The van der Waals surface area contributed by atoms with Crippen molar-refractivity contribution in [1.29, 1.82) is 0 Å². The minimum atomic E-state index is 0.438. The number of ether oxygens (including phenoxy) is 2. The first-order chi connectivity index (χ1) is 9.31.